The summed E-state index contributed by atoms with van der Waals surface area (Å²) in [5, 5.41) is 9.93. The lowest BCUT2D eigenvalue weighted by Gasteiger charge is -2.38. The van der Waals surface area contributed by atoms with Crippen LogP contribution in [0.2, 0.25) is 0 Å². The summed E-state index contributed by atoms with van der Waals surface area (Å²) in [5.41, 5.74) is 0.681. The van der Waals surface area contributed by atoms with E-state index in [2.05, 4.69) is 13.8 Å². The van der Waals surface area contributed by atoms with Crippen molar-refractivity contribution in [1.29, 1.82) is 0 Å². The highest BCUT2D eigenvalue weighted by atomic mass is 16.5. The molecule has 0 saturated heterocycles. The van der Waals surface area contributed by atoms with Crippen LogP contribution in [0.5, 0.6) is 11.5 Å². The van der Waals surface area contributed by atoms with Crippen LogP contribution in [-0.2, 0) is 0 Å². The molecule has 1 N–H and O–H groups in total. The first-order chi connectivity index (χ1) is 9.84. The Morgan fingerprint density at radius 2 is 1.95 bits per heavy atom. The normalized spacial score (nSPS) is 18.3. The molecule has 0 unspecified atom stereocenters. The van der Waals surface area contributed by atoms with Gasteiger partial charge in [0.25, 0.3) is 5.91 Å². The van der Waals surface area contributed by atoms with Crippen LogP contribution in [-0.4, -0.2) is 36.1 Å². The molecule has 0 atom stereocenters. The number of aromatic hydroxyl groups is 1. The number of rotatable bonds is 3. The Morgan fingerprint density at radius 3 is 2.52 bits per heavy atom. The van der Waals surface area contributed by atoms with Gasteiger partial charge in [-0.3, -0.25) is 4.79 Å². The van der Waals surface area contributed by atoms with E-state index in [0.29, 0.717) is 16.7 Å². The number of phenols is 1. The predicted molar refractivity (Wildman–Crippen MR) is 82.8 cm³/mol. The number of methoxy groups -OCH3 is 1. The Bertz CT molecular complexity index is 515. The van der Waals surface area contributed by atoms with Gasteiger partial charge in [0.1, 0.15) is 11.5 Å². The van der Waals surface area contributed by atoms with Crippen molar-refractivity contribution in [1.82, 2.24) is 4.90 Å². The van der Waals surface area contributed by atoms with Crippen LogP contribution >= 0.6 is 0 Å². The Labute approximate surface area is 126 Å². The van der Waals surface area contributed by atoms with Crippen LogP contribution < -0.4 is 4.74 Å². The third kappa shape index (κ3) is 3.49. The van der Waals surface area contributed by atoms with E-state index in [1.807, 2.05) is 7.05 Å². The molecule has 0 aromatic heterocycles. The Balaban J connectivity index is 2.13. The highest BCUT2D eigenvalue weighted by Crippen LogP contribution is 2.37. The van der Waals surface area contributed by atoms with Gasteiger partial charge in [-0.1, -0.05) is 13.8 Å². The predicted octanol–water partition coefficient (Wildman–Crippen LogP) is 3.44. The van der Waals surface area contributed by atoms with Crippen molar-refractivity contribution in [2.24, 2.45) is 5.41 Å². The van der Waals surface area contributed by atoms with Crippen LogP contribution in [0.3, 0.4) is 0 Å². The lowest BCUT2D eigenvalue weighted by molar-refractivity contribution is 0.0632. The van der Waals surface area contributed by atoms with Crippen molar-refractivity contribution >= 4 is 5.91 Å². The molecule has 4 heteroatoms. The number of carbonyl (C=O) groups excluding carboxylic acids is 1. The number of hydrogen-bond acceptors (Lipinski definition) is 3. The van der Waals surface area contributed by atoms with Crippen molar-refractivity contribution in [3.8, 4) is 11.5 Å². The van der Waals surface area contributed by atoms with Crippen LogP contribution in [0.1, 0.15) is 49.9 Å². The van der Waals surface area contributed by atoms with Crippen LogP contribution in [0.25, 0.3) is 0 Å². The first kappa shape index (κ1) is 15.7. The molecule has 1 amide bonds. The molecule has 1 saturated carbocycles. The summed E-state index contributed by atoms with van der Waals surface area (Å²) >= 11 is 0. The van der Waals surface area contributed by atoms with E-state index in [1.165, 1.54) is 6.07 Å². The highest BCUT2D eigenvalue weighted by Gasteiger charge is 2.31. The summed E-state index contributed by atoms with van der Waals surface area (Å²) in [7, 11) is 3.37. The summed E-state index contributed by atoms with van der Waals surface area (Å²) in [6.45, 7) is 4.55. The first-order valence-corrected chi connectivity index (χ1v) is 7.48. The van der Waals surface area contributed by atoms with Gasteiger partial charge >= 0.3 is 0 Å². The Hall–Kier alpha value is -1.71. The molecule has 1 aromatic carbocycles. The molecular formula is C17H25NO3. The van der Waals surface area contributed by atoms with E-state index in [1.54, 1.807) is 24.1 Å². The molecule has 1 aliphatic rings. The minimum atomic E-state index is -0.142. The molecule has 0 radical (unpaired) electrons. The topological polar surface area (TPSA) is 49.8 Å². The molecule has 1 aromatic rings. The molecule has 4 nitrogen and oxygen atoms in total. The molecule has 0 aliphatic heterocycles. The number of hydrogen-bond donors (Lipinski definition) is 1. The minimum Gasteiger partial charge on any atom is -0.507 e. The molecule has 1 fully saturated rings. The SMILES string of the molecule is COc1ccc(O)c(C(=O)N(C)C2CCC(C)(C)CC2)c1. The second kappa shape index (κ2) is 5.96. The van der Waals surface area contributed by atoms with Crippen LogP contribution in [0.4, 0.5) is 0 Å². The van der Waals surface area contributed by atoms with E-state index in [4.69, 9.17) is 4.74 Å². The lowest BCUT2D eigenvalue weighted by Crippen LogP contribution is -2.40. The summed E-state index contributed by atoms with van der Waals surface area (Å²) in [6, 6.07) is 5.00. The summed E-state index contributed by atoms with van der Waals surface area (Å²) in [4.78, 5) is 14.4. The number of amides is 1. The van der Waals surface area contributed by atoms with Gasteiger partial charge in [-0.05, 0) is 49.3 Å². The zero-order valence-corrected chi connectivity index (χ0v) is 13.3. The number of carbonyl (C=O) groups is 1. The fraction of sp³-hybridized carbons (Fsp3) is 0.588. The zero-order chi connectivity index (χ0) is 15.6. The van der Waals surface area contributed by atoms with Gasteiger partial charge in [-0.15, -0.1) is 0 Å². The van der Waals surface area contributed by atoms with Crippen molar-refractivity contribution in [2.75, 3.05) is 14.2 Å². The second-order valence-electron chi connectivity index (χ2n) is 6.69. The van der Waals surface area contributed by atoms with E-state index in [-0.39, 0.29) is 17.7 Å². The van der Waals surface area contributed by atoms with Gasteiger partial charge in [0, 0.05) is 13.1 Å². The van der Waals surface area contributed by atoms with Crippen molar-refractivity contribution in [2.45, 2.75) is 45.6 Å². The van der Waals surface area contributed by atoms with Gasteiger partial charge in [-0.25, -0.2) is 0 Å². The average molecular weight is 291 g/mol. The van der Waals surface area contributed by atoms with Crippen molar-refractivity contribution < 1.29 is 14.6 Å². The van der Waals surface area contributed by atoms with Crippen molar-refractivity contribution in [3.63, 3.8) is 0 Å². The number of ether oxygens (including phenoxy) is 1. The lowest BCUT2D eigenvalue weighted by atomic mass is 9.75. The molecule has 0 spiro atoms. The summed E-state index contributed by atoms with van der Waals surface area (Å²) in [5.74, 6) is 0.439. The fourth-order valence-corrected chi connectivity index (χ4v) is 2.94. The summed E-state index contributed by atoms with van der Waals surface area (Å²) < 4.78 is 5.13. The highest BCUT2D eigenvalue weighted by molar-refractivity contribution is 5.97. The van der Waals surface area contributed by atoms with Gasteiger partial charge in [0.05, 0.1) is 12.7 Å². The largest absolute Gasteiger partial charge is 0.507 e. The van der Waals surface area contributed by atoms with Crippen molar-refractivity contribution in [3.05, 3.63) is 23.8 Å². The molecule has 2 rings (SSSR count). The summed E-state index contributed by atoms with van der Waals surface area (Å²) in [6.07, 6.45) is 4.28. The molecular weight excluding hydrogens is 266 g/mol. The third-order valence-corrected chi connectivity index (χ3v) is 4.61. The molecule has 0 bridgehead atoms. The van der Waals surface area contributed by atoms with Gasteiger partial charge in [0.15, 0.2) is 0 Å². The maximum Gasteiger partial charge on any atom is 0.257 e. The van der Waals surface area contributed by atoms with Crippen LogP contribution in [0.15, 0.2) is 18.2 Å². The average Bonchev–Trinajstić information content (AvgIpc) is 2.46. The number of phenolic OH excluding ortho intramolecular Hbond substituents is 1. The quantitative estimate of drug-likeness (QED) is 0.928. The fourth-order valence-electron chi connectivity index (χ4n) is 2.94. The monoisotopic (exact) mass is 291 g/mol. The smallest absolute Gasteiger partial charge is 0.257 e. The maximum absolute atomic E-state index is 12.6. The van der Waals surface area contributed by atoms with E-state index in [9.17, 15) is 9.90 Å². The van der Waals surface area contributed by atoms with E-state index in [0.717, 1.165) is 25.7 Å². The molecule has 116 valence electrons. The number of benzene rings is 1. The number of nitrogens with zero attached hydrogens (tertiary/aromatic N) is 1. The van der Waals surface area contributed by atoms with E-state index >= 15 is 0 Å². The van der Waals surface area contributed by atoms with Gasteiger partial charge in [0.2, 0.25) is 0 Å². The van der Waals surface area contributed by atoms with E-state index < -0.39 is 0 Å². The molecule has 21 heavy (non-hydrogen) atoms. The zero-order valence-electron chi connectivity index (χ0n) is 13.3. The standard InChI is InChI=1S/C17H25NO3/c1-17(2)9-7-12(8-10-17)18(3)16(20)14-11-13(21-4)5-6-15(14)19/h5-6,11-12,19H,7-10H2,1-4H3. The molecule has 0 heterocycles. The minimum absolute atomic E-state index is 0.00351. The van der Waals surface area contributed by atoms with Gasteiger partial charge in [-0.2, -0.15) is 0 Å². The Kier molecular flexibility index (Phi) is 4.45. The maximum atomic E-state index is 12.6. The van der Waals surface area contributed by atoms with Gasteiger partial charge < -0.3 is 14.7 Å². The Morgan fingerprint density at radius 1 is 1.33 bits per heavy atom. The first-order valence-electron chi connectivity index (χ1n) is 7.48. The second-order valence-corrected chi connectivity index (χ2v) is 6.69. The van der Waals surface area contributed by atoms with Crippen LogP contribution in [0, 0.1) is 5.41 Å². The molecule has 1 aliphatic carbocycles. The third-order valence-electron chi connectivity index (χ3n) is 4.61.